The Kier molecular flexibility index (Phi) is 8.75. The molecule has 2 heterocycles. The van der Waals surface area contributed by atoms with Crippen LogP contribution in [-0.2, 0) is 0 Å². The smallest absolute Gasteiger partial charge is 0.164 e. The van der Waals surface area contributed by atoms with Gasteiger partial charge in [0, 0.05) is 44.4 Å². The Morgan fingerprint density at radius 1 is 0.333 bits per heavy atom. The monoisotopic (exact) mass is 768 g/mol. The Balaban J connectivity index is 0.987. The summed E-state index contributed by atoms with van der Waals surface area (Å²) in [5.74, 6) is 1.83. The van der Waals surface area contributed by atoms with Gasteiger partial charge in [0.15, 0.2) is 17.5 Å². The quantitative estimate of drug-likeness (QED) is 0.154. The minimum Gasteiger partial charge on any atom is -0.456 e. The second-order valence-corrected chi connectivity index (χ2v) is 14.8. The topological polar surface area (TPSA) is 55.1 Å². The molecule has 0 aliphatic rings. The van der Waals surface area contributed by atoms with Gasteiger partial charge in [-0.05, 0) is 82.1 Å². The number of nitrogens with zero attached hydrogens (tertiary/aromatic N) is 4. The lowest BCUT2D eigenvalue weighted by molar-refractivity contribution is 0.669. The van der Waals surface area contributed by atoms with Crippen molar-refractivity contribution in [3.63, 3.8) is 0 Å². The molecule has 0 fully saturated rings. The lowest BCUT2D eigenvalue weighted by atomic mass is 10.00. The van der Waals surface area contributed by atoms with Crippen molar-refractivity contribution in [3.8, 4) is 56.4 Å². The largest absolute Gasteiger partial charge is 0.456 e. The first-order valence-electron chi connectivity index (χ1n) is 20.1. The van der Waals surface area contributed by atoms with Crippen molar-refractivity contribution in [2.45, 2.75) is 0 Å². The maximum Gasteiger partial charge on any atom is 0.164 e. The van der Waals surface area contributed by atoms with E-state index in [0.717, 1.165) is 72.2 Å². The van der Waals surface area contributed by atoms with E-state index in [1.807, 2.05) is 42.5 Å². The van der Waals surface area contributed by atoms with Crippen LogP contribution in [0.3, 0.4) is 0 Å². The lowest BCUT2D eigenvalue weighted by Gasteiger charge is -2.28. The molecule has 0 saturated carbocycles. The number of fused-ring (bicyclic) bond motifs is 4. The number of para-hydroxylation sites is 2. The maximum atomic E-state index is 6.61. The molecule has 0 aliphatic carbocycles. The molecule has 0 radical (unpaired) electrons. The van der Waals surface area contributed by atoms with Crippen LogP contribution in [0.25, 0.3) is 89.1 Å². The van der Waals surface area contributed by atoms with Crippen LogP contribution in [0.15, 0.2) is 223 Å². The van der Waals surface area contributed by atoms with Crippen molar-refractivity contribution in [3.05, 3.63) is 218 Å². The molecule has 0 bridgehead atoms. The van der Waals surface area contributed by atoms with Gasteiger partial charge < -0.3 is 9.32 Å². The maximum absolute atomic E-state index is 6.61. The molecule has 282 valence electrons. The Labute approximate surface area is 347 Å². The SMILES string of the molecule is c1ccc(-c2nc(-c3ccc4ccccc4c3)nc(-c3cccc4oc5cc(-c6ccc(N(c7ccccc7)c7ccccc7-c7ccccc7)cc6)ccc5c34)n2)cc1. The van der Waals surface area contributed by atoms with Gasteiger partial charge in [-0.25, -0.2) is 15.0 Å². The van der Waals surface area contributed by atoms with Crippen LogP contribution in [0.1, 0.15) is 0 Å². The normalized spacial score (nSPS) is 11.3. The third-order valence-electron chi connectivity index (χ3n) is 11.1. The molecule has 0 aliphatic heterocycles. The highest BCUT2D eigenvalue weighted by atomic mass is 16.3. The van der Waals surface area contributed by atoms with E-state index in [0.29, 0.717) is 17.5 Å². The number of furan rings is 1. The highest BCUT2D eigenvalue weighted by molar-refractivity contribution is 6.12. The van der Waals surface area contributed by atoms with Crippen LogP contribution < -0.4 is 4.90 Å². The van der Waals surface area contributed by atoms with E-state index < -0.39 is 0 Å². The van der Waals surface area contributed by atoms with Crippen molar-refractivity contribution >= 4 is 49.8 Å². The first kappa shape index (κ1) is 35.0. The minimum absolute atomic E-state index is 0.594. The second-order valence-electron chi connectivity index (χ2n) is 14.8. The predicted octanol–water partition coefficient (Wildman–Crippen LogP) is 14.7. The molecule has 0 atom stereocenters. The van der Waals surface area contributed by atoms with E-state index >= 15 is 0 Å². The standard InChI is InChI=1S/C55H36N4O/c1-4-16-39(17-5-1)46-23-12-13-25-49(46)59(44-21-8-3-9-22-44)45-32-29-38(30-33-45)42-31-34-47-51(36-42)60-50-26-14-24-48(52(47)50)55-57-53(40-18-6-2-7-19-40)56-54(58-55)43-28-27-37-15-10-11-20-41(37)35-43/h1-36H. The van der Waals surface area contributed by atoms with Crippen LogP contribution in [0.2, 0.25) is 0 Å². The summed E-state index contributed by atoms with van der Waals surface area (Å²) in [5.41, 5.74) is 12.1. The number of hydrogen-bond donors (Lipinski definition) is 0. The molecule has 11 aromatic rings. The molecule has 2 aromatic heterocycles. The number of hydrogen-bond acceptors (Lipinski definition) is 5. The number of rotatable bonds is 8. The molecule has 5 heteroatoms. The molecule has 0 saturated heterocycles. The third kappa shape index (κ3) is 6.45. The van der Waals surface area contributed by atoms with Gasteiger partial charge in [0.25, 0.3) is 0 Å². The summed E-state index contributed by atoms with van der Waals surface area (Å²) in [6, 6.07) is 75.8. The molecule has 0 spiro atoms. The van der Waals surface area contributed by atoms with E-state index in [1.54, 1.807) is 0 Å². The lowest BCUT2D eigenvalue weighted by Crippen LogP contribution is -2.11. The summed E-state index contributed by atoms with van der Waals surface area (Å²) in [6.07, 6.45) is 0. The van der Waals surface area contributed by atoms with E-state index in [4.69, 9.17) is 19.4 Å². The van der Waals surface area contributed by atoms with E-state index in [-0.39, 0.29) is 0 Å². The summed E-state index contributed by atoms with van der Waals surface area (Å²) in [6.45, 7) is 0. The van der Waals surface area contributed by atoms with Crippen LogP contribution in [0.5, 0.6) is 0 Å². The molecule has 0 unspecified atom stereocenters. The summed E-state index contributed by atoms with van der Waals surface area (Å²) >= 11 is 0. The summed E-state index contributed by atoms with van der Waals surface area (Å²) in [4.78, 5) is 17.5. The van der Waals surface area contributed by atoms with Gasteiger partial charge in [-0.3, -0.25) is 0 Å². The zero-order valence-corrected chi connectivity index (χ0v) is 32.5. The zero-order chi connectivity index (χ0) is 39.8. The highest BCUT2D eigenvalue weighted by Gasteiger charge is 2.20. The summed E-state index contributed by atoms with van der Waals surface area (Å²) < 4.78 is 6.61. The van der Waals surface area contributed by atoms with E-state index in [9.17, 15) is 0 Å². The molecule has 11 rings (SSSR count). The van der Waals surface area contributed by atoms with E-state index in [1.165, 1.54) is 16.5 Å². The number of aromatic nitrogens is 3. The van der Waals surface area contributed by atoms with Crippen LogP contribution in [0.4, 0.5) is 17.1 Å². The van der Waals surface area contributed by atoms with Gasteiger partial charge in [0.1, 0.15) is 11.2 Å². The molecule has 0 amide bonds. The van der Waals surface area contributed by atoms with Crippen LogP contribution in [-0.4, -0.2) is 15.0 Å². The average Bonchev–Trinajstić information content (AvgIpc) is 3.71. The van der Waals surface area contributed by atoms with Crippen LogP contribution in [0, 0.1) is 0 Å². The second kappa shape index (κ2) is 15.0. The molecule has 0 N–H and O–H groups in total. The molecule has 60 heavy (non-hydrogen) atoms. The first-order chi connectivity index (χ1) is 29.7. The summed E-state index contributed by atoms with van der Waals surface area (Å²) in [5, 5.41) is 4.28. The fourth-order valence-electron chi connectivity index (χ4n) is 8.20. The molecular weight excluding hydrogens is 733 g/mol. The Morgan fingerprint density at radius 2 is 0.917 bits per heavy atom. The Morgan fingerprint density at radius 3 is 1.70 bits per heavy atom. The van der Waals surface area contributed by atoms with Gasteiger partial charge in [-0.2, -0.15) is 0 Å². The van der Waals surface area contributed by atoms with Crippen molar-refractivity contribution in [1.29, 1.82) is 0 Å². The third-order valence-corrected chi connectivity index (χ3v) is 11.1. The Hall–Kier alpha value is -8.15. The van der Waals surface area contributed by atoms with Crippen molar-refractivity contribution in [1.82, 2.24) is 15.0 Å². The number of benzene rings is 9. The van der Waals surface area contributed by atoms with Crippen LogP contribution >= 0.6 is 0 Å². The fraction of sp³-hybridized carbons (Fsp3) is 0. The first-order valence-corrected chi connectivity index (χ1v) is 20.1. The zero-order valence-electron chi connectivity index (χ0n) is 32.5. The number of anilines is 3. The van der Waals surface area contributed by atoms with Gasteiger partial charge >= 0.3 is 0 Å². The minimum atomic E-state index is 0.594. The van der Waals surface area contributed by atoms with Gasteiger partial charge in [0.05, 0.1) is 5.69 Å². The summed E-state index contributed by atoms with van der Waals surface area (Å²) in [7, 11) is 0. The van der Waals surface area contributed by atoms with Gasteiger partial charge in [-0.1, -0.05) is 164 Å². The van der Waals surface area contributed by atoms with Gasteiger partial charge in [0.2, 0.25) is 0 Å². The fourth-order valence-corrected chi connectivity index (χ4v) is 8.20. The van der Waals surface area contributed by atoms with Gasteiger partial charge in [-0.15, -0.1) is 0 Å². The van der Waals surface area contributed by atoms with Crippen molar-refractivity contribution < 1.29 is 4.42 Å². The molecule has 9 aromatic carbocycles. The Bertz CT molecular complexity index is 3310. The van der Waals surface area contributed by atoms with Crippen molar-refractivity contribution in [2.75, 3.05) is 4.90 Å². The van der Waals surface area contributed by atoms with E-state index in [2.05, 4.69) is 181 Å². The predicted molar refractivity (Wildman–Crippen MR) is 246 cm³/mol. The highest BCUT2D eigenvalue weighted by Crippen LogP contribution is 2.42. The van der Waals surface area contributed by atoms with Crippen molar-refractivity contribution in [2.24, 2.45) is 0 Å². The average molecular weight is 769 g/mol. The molecule has 5 nitrogen and oxygen atoms in total. The molecular formula is C55H36N4O.